The zero-order chi connectivity index (χ0) is 24.6. The standard InChI is InChI=1S/C12H26N8O4.C2HF3O2/c13-6-2-1-5-9(10(15)21)18-11(22)8(14)4-3-7-17-12(16)19-20(23)24;3-2(4,5)1(6)7/h8-9H,1-7,13-14H2,(H2,15,21)(H,18,22)(H3,16,17,19);(H,6,7)/t8-,9-;/m0./s1. The van der Waals surface area contributed by atoms with Crippen molar-refractivity contribution in [3.8, 4) is 0 Å². The smallest absolute Gasteiger partial charge is 0.475 e. The van der Waals surface area contributed by atoms with E-state index in [2.05, 4.69) is 10.3 Å². The number of carboxylic acids is 1. The Bertz CT molecular complexity index is 632. The lowest BCUT2D eigenvalue weighted by atomic mass is 10.1. The summed E-state index contributed by atoms with van der Waals surface area (Å²) in [6.45, 7) is 0.664. The van der Waals surface area contributed by atoms with Crippen LogP contribution in [0.1, 0.15) is 32.1 Å². The number of alkyl halides is 3. The number of nitrogens with two attached hydrogens (primary N) is 4. The van der Waals surface area contributed by atoms with Gasteiger partial charge in [-0.05, 0) is 38.6 Å². The zero-order valence-electron chi connectivity index (χ0n) is 16.4. The van der Waals surface area contributed by atoms with E-state index in [9.17, 15) is 32.9 Å². The van der Waals surface area contributed by atoms with Crippen LogP contribution in [0.2, 0.25) is 0 Å². The van der Waals surface area contributed by atoms with Gasteiger partial charge in [0.15, 0.2) is 5.03 Å². The second-order valence-corrected chi connectivity index (χ2v) is 5.94. The minimum absolute atomic E-state index is 0.170. The molecule has 180 valence electrons. The highest BCUT2D eigenvalue weighted by Gasteiger charge is 2.38. The van der Waals surface area contributed by atoms with Crippen LogP contribution in [0.5, 0.6) is 0 Å². The molecule has 0 aromatic rings. The second kappa shape index (κ2) is 15.6. The molecule has 0 saturated heterocycles. The van der Waals surface area contributed by atoms with Crippen LogP contribution in [-0.4, -0.2) is 65.2 Å². The number of halogens is 3. The molecule has 0 saturated carbocycles. The van der Waals surface area contributed by atoms with E-state index in [4.69, 9.17) is 32.8 Å². The number of primary amides is 1. The second-order valence-electron chi connectivity index (χ2n) is 5.94. The number of unbranched alkanes of at least 4 members (excludes halogenated alkanes) is 1. The third-order valence-corrected chi connectivity index (χ3v) is 3.35. The number of carboxylic acid groups (broad SMARTS) is 1. The summed E-state index contributed by atoms with van der Waals surface area (Å²) in [6, 6.07) is -1.63. The largest absolute Gasteiger partial charge is 0.490 e. The molecular weight excluding hydrogens is 433 g/mol. The maximum atomic E-state index is 11.9. The molecule has 0 fully saturated rings. The van der Waals surface area contributed by atoms with Gasteiger partial charge in [0.2, 0.25) is 11.8 Å². The molecule has 0 aliphatic heterocycles. The number of guanidine groups is 1. The Hall–Kier alpha value is -3.21. The van der Waals surface area contributed by atoms with E-state index >= 15 is 0 Å². The van der Waals surface area contributed by atoms with Gasteiger partial charge >= 0.3 is 12.1 Å². The Morgan fingerprint density at radius 1 is 1.13 bits per heavy atom. The van der Waals surface area contributed by atoms with Gasteiger partial charge in [-0.2, -0.15) is 13.2 Å². The number of hydrogen-bond donors (Lipinski definition) is 7. The van der Waals surface area contributed by atoms with Crippen LogP contribution in [0.3, 0.4) is 0 Å². The van der Waals surface area contributed by atoms with Crippen LogP contribution in [0, 0.1) is 10.1 Å². The maximum absolute atomic E-state index is 11.9. The quantitative estimate of drug-likeness (QED) is 0.0549. The third kappa shape index (κ3) is 17.4. The predicted molar refractivity (Wildman–Crippen MR) is 102 cm³/mol. The van der Waals surface area contributed by atoms with E-state index in [-0.39, 0.29) is 18.9 Å². The number of nitro groups is 1. The summed E-state index contributed by atoms with van der Waals surface area (Å²) in [4.78, 5) is 46.0. The number of nitrogens with zero attached hydrogens (tertiary/aromatic N) is 2. The van der Waals surface area contributed by atoms with Gasteiger partial charge < -0.3 is 33.4 Å². The van der Waals surface area contributed by atoms with Crippen molar-refractivity contribution in [3.63, 3.8) is 0 Å². The van der Waals surface area contributed by atoms with Crippen LogP contribution in [0.25, 0.3) is 0 Å². The highest BCUT2D eigenvalue weighted by atomic mass is 19.4. The van der Waals surface area contributed by atoms with Crippen molar-refractivity contribution in [2.24, 2.45) is 27.9 Å². The molecule has 0 aromatic heterocycles. The molecule has 0 bridgehead atoms. The van der Waals surface area contributed by atoms with Crippen LogP contribution in [0.15, 0.2) is 4.99 Å². The molecule has 14 nitrogen and oxygen atoms in total. The summed E-state index contributed by atoms with van der Waals surface area (Å²) >= 11 is 0. The lowest BCUT2D eigenvalue weighted by Gasteiger charge is -2.18. The molecule has 2 amide bonds. The number of carbonyl (C=O) groups excluding carboxylic acids is 2. The summed E-state index contributed by atoms with van der Waals surface area (Å²) in [5.41, 5.74) is 23.3. The lowest BCUT2D eigenvalue weighted by molar-refractivity contribution is -0.525. The Balaban J connectivity index is 0. The van der Waals surface area contributed by atoms with Crippen molar-refractivity contribution in [1.29, 1.82) is 0 Å². The molecule has 17 heteroatoms. The zero-order valence-corrected chi connectivity index (χ0v) is 16.4. The van der Waals surface area contributed by atoms with E-state index in [1.165, 1.54) is 0 Å². The van der Waals surface area contributed by atoms with Gasteiger partial charge in [0.1, 0.15) is 6.04 Å². The fourth-order valence-corrected chi connectivity index (χ4v) is 1.83. The van der Waals surface area contributed by atoms with Gasteiger partial charge in [0.05, 0.1) is 6.04 Å². The summed E-state index contributed by atoms with van der Waals surface area (Å²) in [5, 5.41) is 18.9. The van der Waals surface area contributed by atoms with Gasteiger partial charge in [-0.1, -0.05) is 5.43 Å². The van der Waals surface area contributed by atoms with Gasteiger partial charge in [-0.25, -0.2) is 19.9 Å². The fourth-order valence-electron chi connectivity index (χ4n) is 1.83. The van der Waals surface area contributed by atoms with Crippen LogP contribution >= 0.6 is 0 Å². The molecule has 31 heavy (non-hydrogen) atoms. The fraction of sp³-hybridized carbons (Fsp3) is 0.714. The van der Waals surface area contributed by atoms with Gasteiger partial charge in [0, 0.05) is 6.54 Å². The van der Waals surface area contributed by atoms with Crippen molar-refractivity contribution in [1.82, 2.24) is 10.7 Å². The van der Waals surface area contributed by atoms with Crippen LogP contribution in [0.4, 0.5) is 13.2 Å². The molecule has 0 aromatic carbocycles. The lowest BCUT2D eigenvalue weighted by Crippen LogP contribution is -2.50. The summed E-state index contributed by atoms with van der Waals surface area (Å²) < 4.78 is 31.7. The van der Waals surface area contributed by atoms with Crippen molar-refractivity contribution < 1.29 is 37.7 Å². The molecule has 0 spiro atoms. The molecular formula is C14H27F3N8O6. The van der Waals surface area contributed by atoms with E-state index in [1.807, 2.05) is 0 Å². The minimum atomic E-state index is -5.08. The summed E-state index contributed by atoms with van der Waals surface area (Å²) in [5.74, 6) is -4.21. The number of amides is 2. The number of aliphatic imine (C=N–C) groups is 1. The van der Waals surface area contributed by atoms with Gasteiger partial charge in [0.25, 0.3) is 5.96 Å². The van der Waals surface area contributed by atoms with Gasteiger partial charge in [-0.3, -0.25) is 9.59 Å². The molecule has 2 atom stereocenters. The van der Waals surface area contributed by atoms with Crippen LogP contribution in [-0.2, 0) is 14.4 Å². The number of aliphatic carboxylic acids is 1. The number of hydrazine groups is 1. The minimum Gasteiger partial charge on any atom is -0.475 e. The SMILES string of the molecule is NCCCC[C@H](NC(=O)[C@@H](N)CCCN=C(N)N[N+](=O)[O-])C(N)=O.O=C(O)C(F)(F)F. The Labute approximate surface area is 174 Å². The topological polar surface area (TPSA) is 255 Å². The van der Waals surface area contributed by atoms with E-state index < -0.39 is 41.1 Å². The Kier molecular flexibility index (Phi) is 15.1. The van der Waals surface area contributed by atoms with Crippen LogP contribution < -0.4 is 33.7 Å². The van der Waals surface area contributed by atoms with Gasteiger partial charge in [-0.15, -0.1) is 0 Å². The summed E-state index contributed by atoms with van der Waals surface area (Å²) in [6.07, 6.45) is -2.63. The third-order valence-electron chi connectivity index (χ3n) is 3.35. The maximum Gasteiger partial charge on any atom is 0.490 e. The first kappa shape index (κ1) is 30.0. The average Bonchev–Trinajstić information content (AvgIpc) is 2.63. The number of rotatable bonds is 12. The van der Waals surface area contributed by atoms with Crippen molar-refractivity contribution in [3.05, 3.63) is 10.1 Å². The van der Waals surface area contributed by atoms with E-state index in [1.54, 1.807) is 5.43 Å². The first-order valence-corrected chi connectivity index (χ1v) is 8.78. The number of carbonyl (C=O) groups is 3. The Morgan fingerprint density at radius 2 is 1.68 bits per heavy atom. The van der Waals surface area contributed by atoms with E-state index in [0.29, 0.717) is 25.8 Å². The molecule has 0 rings (SSSR count). The first-order valence-electron chi connectivity index (χ1n) is 8.78. The van der Waals surface area contributed by atoms with Crippen molar-refractivity contribution >= 4 is 23.7 Å². The molecule has 11 N–H and O–H groups in total. The highest BCUT2D eigenvalue weighted by Crippen LogP contribution is 2.13. The molecule has 0 unspecified atom stereocenters. The van der Waals surface area contributed by atoms with Crippen molar-refractivity contribution in [2.45, 2.75) is 50.4 Å². The van der Waals surface area contributed by atoms with Crippen molar-refractivity contribution in [2.75, 3.05) is 13.1 Å². The predicted octanol–water partition coefficient (Wildman–Crippen LogP) is -2.08. The molecule has 0 radical (unpaired) electrons. The normalized spacial score (nSPS) is 13.3. The number of nitrogens with one attached hydrogen (secondary N) is 2. The van der Waals surface area contributed by atoms with E-state index in [0.717, 1.165) is 6.42 Å². The summed E-state index contributed by atoms with van der Waals surface area (Å²) in [7, 11) is 0. The molecule has 0 aliphatic rings. The monoisotopic (exact) mass is 460 g/mol. The molecule has 0 aliphatic carbocycles. The molecule has 0 heterocycles. The Morgan fingerprint density at radius 3 is 2.10 bits per heavy atom. The highest BCUT2D eigenvalue weighted by molar-refractivity contribution is 5.88. The number of hydrogen-bond acceptors (Lipinski definition) is 8. The average molecular weight is 460 g/mol. The first-order chi connectivity index (χ1) is 14.2.